The van der Waals surface area contributed by atoms with Crippen molar-refractivity contribution in [3.63, 3.8) is 0 Å². The quantitative estimate of drug-likeness (QED) is 0.161. The SMILES string of the molecule is CCCCCCl.COC(SOSC(OC)c1ccccc1)c1ccccc1. The zero-order valence-electron chi connectivity index (χ0n) is 16.2. The first-order valence-corrected chi connectivity index (χ1v) is 11.1. The van der Waals surface area contributed by atoms with Crippen LogP contribution in [0.2, 0.25) is 0 Å². The highest BCUT2D eigenvalue weighted by molar-refractivity contribution is 8.07. The number of ether oxygens (including phenoxy) is 2. The number of halogens is 1. The van der Waals surface area contributed by atoms with Gasteiger partial charge < -0.3 is 9.47 Å². The molecule has 0 N–H and O–H groups in total. The summed E-state index contributed by atoms with van der Waals surface area (Å²) in [6.07, 6.45) is 3.73. The summed E-state index contributed by atoms with van der Waals surface area (Å²) in [5, 5.41) is 0. The van der Waals surface area contributed by atoms with E-state index in [4.69, 9.17) is 24.7 Å². The minimum Gasteiger partial charge on any atom is -0.364 e. The van der Waals surface area contributed by atoms with Crippen LogP contribution in [-0.4, -0.2) is 20.1 Å². The van der Waals surface area contributed by atoms with E-state index in [1.54, 1.807) is 14.2 Å². The van der Waals surface area contributed by atoms with E-state index >= 15 is 0 Å². The van der Waals surface area contributed by atoms with Gasteiger partial charge in [0.1, 0.15) is 0 Å². The normalized spacial score (nSPS) is 12.7. The summed E-state index contributed by atoms with van der Waals surface area (Å²) in [7, 11) is 3.34. The fraction of sp³-hybridized carbons (Fsp3) is 0.429. The maximum Gasteiger partial charge on any atom is 0.154 e. The van der Waals surface area contributed by atoms with Crippen molar-refractivity contribution in [2.75, 3.05) is 20.1 Å². The van der Waals surface area contributed by atoms with Crippen LogP contribution in [0.25, 0.3) is 0 Å². The van der Waals surface area contributed by atoms with E-state index in [0.29, 0.717) is 0 Å². The lowest BCUT2D eigenvalue weighted by Crippen LogP contribution is -1.99. The van der Waals surface area contributed by atoms with Gasteiger partial charge in [-0.3, -0.25) is 0 Å². The molecule has 0 heterocycles. The van der Waals surface area contributed by atoms with Crippen molar-refractivity contribution in [3.05, 3.63) is 71.8 Å². The summed E-state index contributed by atoms with van der Waals surface area (Å²) in [6.45, 7) is 2.17. The van der Waals surface area contributed by atoms with E-state index in [1.165, 1.54) is 43.3 Å². The molecule has 0 aliphatic heterocycles. The molecule has 2 unspecified atom stereocenters. The second-order valence-corrected chi connectivity index (χ2v) is 7.78. The molecule has 0 fully saturated rings. The molecule has 27 heavy (non-hydrogen) atoms. The van der Waals surface area contributed by atoms with Crippen molar-refractivity contribution in [2.45, 2.75) is 37.1 Å². The van der Waals surface area contributed by atoms with Crippen LogP contribution < -0.4 is 0 Å². The van der Waals surface area contributed by atoms with Crippen LogP contribution in [0.3, 0.4) is 0 Å². The van der Waals surface area contributed by atoms with Gasteiger partial charge in [-0.25, -0.2) is 3.63 Å². The number of rotatable bonds is 11. The Hall–Kier alpha value is -0.690. The Bertz CT molecular complexity index is 521. The molecule has 2 aromatic rings. The molecule has 0 aliphatic rings. The summed E-state index contributed by atoms with van der Waals surface area (Å²) in [5.74, 6) is 0.827. The molecule has 0 aromatic heterocycles. The third-order valence-corrected chi connectivity index (χ3v) is 5.74. The number of hydrogen-bond donors (Lipinski definition) is 0. The Balaban J connectivity index is 0.000000527. The third-order valence-electron chi connectivity index (χ3n) is 3.56. The van der Waals surface area contributed by atoms with Crippen LogP contribution in [-0.2, 0) is 13.1 Å². The first kappa shape index (κ1) is 24.3. The van der Waals surface area contributed by atoms with E-state index in [1.807, 2.05) is 60.7 Å². The zero-order chi connectivity index (χ0) is 19.7. The lowest BCUT2D eigenvalue weighted by molar-refractivity contribution is 0.167. The fourth-order valence-corrected chi connectivity index (χ4v) is 3.76. The minimum absolute atomic E-state index is 0.160. The molecule has 0 spiro atoms. The van der Waals surface area contributed by atoms with Crippen molar-refractivity contribution in [3.8, 4) is 0 Å². The Labute approximate surface area is 177 Å². The summed E-state index contributed by atoms with van der Waals surface area (Å²) in [5.41, 5.74) is 1.82. The van der Waals surface area contributed by atoms with Gasteiger partial charge in [-0.15, -0.1) is 11.6 Å². The Morgan fingerprint density at radius 3 is 1.52 bits per heavy atom. The maximum atomic E-state index is 5.63. The highest BCUT2D eigenvalue weighted by atomic mass is 35.5. The largest absolute Gasteiger partial charge is 0.364 e. The van der Waals surface area contributed by atoms with Gasteiger partial charge in [0, 0.05) is 44.2 Å². The van der Waals surface area contributed by atoms with Crippen molar-refractivity contribution < 1.29 is 13.1 Å². The van der Waals surface area contributed by atoms with Crippen LogP contribution in [0.5, 0.6) is 0 Å². The first-order valence-electron chi connectivity index (χ1n) is 8.97. The smallest absolute Gasteiger partial charge is 0.154 e. The van der Waals surface area contributed by atoms with E-state index in [0.717, 1.165) is 17.0 Å². The van der Waals surface area contributed by atoms with Crippen LogP contribution in [0.1, 0.15) is 48.2 Å². The molecular weight excluding hydrogens is 400 g/mol. The fourth-order valence-electron chi connectivity index (χ4n) is 2.12. The van der Waals surface area contributed by atoms with E-state index in [2.05, 4.69) is 6.92 Å². The van der Waals surface area contributed by atoms with Gasteiger partial charge in [-0.05, 0) is 17.5 Å². The van der Waals surface area contributed by atoms with Crippen molar-refractivity contribution in [1.29, 1.82) is 0 Å². The predicted octanol–water partition coefficient (Wildman–Crippen LogP) is 7.41. The lowest BCUT2D eigenvalue weighted by atomic mass is 10.2. The second kappa shape index (κ2) is 16.3. The molecule has 0 aliphatic carbocycles. The molecule has 0 saturated heterocycles. The number of methoxy groups -OCH3 is 2. The van der Waals surface area contributed by atoms with Gasteiger partial charge >= 0.3 is 0 Å². The minimum atomic E-state index is -0.160. The second-order valence-electron chi connectivity index (χ2n) is 5.61. The average Bonchev–Trinajstić information content (AvgIpc) is 2.74. The highest BCUT2D eigenvalue weighted by Gasteiger charge is 2.16. The molecule has 2 atom stereocenters. The molecule has 0 saturated carbocycles. The standard InChI is InChI=1S/C16H18O3S2.C5H11Cl/c1-17-15(13-9-5-3-6-10-13)20-19-21-16(18-2)14-11-7-4-8-12-14;1-2-3-4-5-6/h3-12,15-16H,1-2H3;2-5H2,1H3. The summed E-state index contributed by atoms with van der Waals surface area (Å²) in [6, 6.07) is 19.9. The predicted molar refractivity (Wildman–Crippen MR) is 119 cm³/mol. The molecular formula is C21H29ClO3S2. The summed E-state index contributed by atoms with van der Waals surface area (Å²) < 4.78 is 16.5. The molecule has 0 amide bonds. The van der Waals surface area contributed by atoms with Gasteiger partial charge in [-0.2, -0.15) is 0 Å². The van der Waals surface area contributed by atoms with Crippen molar-refractivity contribution >= 4 is 35.7 Å². The lowest BCUT2D eigenvalue weighted by Gasteiger charge is -2.17. The molecule has 3 nitrogen and oxygen atoms in total. The Morgan fingerprint density at radius 1 is 0.778 bits per heavy atom. The van der Waals surface area contributed by atoms with Gasteiger partial charge in [0.25, 0.3) is 0 Å². The van der Waals surface area contributed by atoms with Crippen LogP contribution in [0.4, 0.5) is 0 Å². The van der Waals surface area contributed by atoms with E-state index in [-0.39, 0.29) is 10.9 Å². The number of hydrogen-bond acceptors (Lipinski definition) is 5. The van der Waals surface area contributed by atoms with Gasteiger partial charge in [0.05, 0.1) is 0 Å². The van der Waals surface area contributed by atoms with Crippen molar-refractivity contribution in [1.82, 2.24) is 0 Å². The van der Waals surface area contributed by atoms with Gasteiger partial charge in [0.15, 0.2) is 10.9 Å². The van der Waals surface area contributed by atoms with Crippen LogP contribution in [0, 0.1) is 0 Å². The molecule has 2 rings (SSSR count). The average molecular weight is 429 g/mol. The van der Waals surface area contributed by atoms with E-state index in [9.17, 15) is 0 Å². The molecule has 6 heteroatoms. The maximum absolute atomic E-state index is 5.63. The first-order chi connectivity index (χ1) is 13.3. The molecule has 0 bridgehead atoms. The molecule has 0 radical (unpaired) electrons. The zero-order valence-corrected chi connectivity index (χ0v) is 18.6. The van der Waals surface area contributed by atoms with Crippen LogP contribution in [0.15, 0.2) is 60.7 Å². The summed E-state index contributed by atoms with van der Waals surface area (Å²) >= 11 is 7.93. The molecule has 2 aromatic carbocycles. The Morgan fingerprint density at radius 2 is 1.22 bits per heavy atom. The van der Waals surface area contributed by atoms with Gasteiger partial charge in [-0.1, -0.05) is 80.4 Å². The Kier molecular flexibility index (Phi) is 14.7. The van der Waals surface area contributed by atoms with Crippen molar-refractivity contribution in [2.24, 2.45) is 0 Å². The van der Waals surface area contributed by atoms with Gasteiger partial charge in [0.2, 0.25) is 0 Å². The number of benzene rings is 2. The van der Waals surface area contributed by atoms with Crippen LogP contribution >= 0.6 is 35.7 Å². The molecule has 150 valence electrons. The number of alkyl halides is 1. The topological polar surface area (TPSA) is 27.7 Å². The number of unbranched alkanes of at least 4 members (excludes halogenated alkanes) is 2. The monoisotopic (exact) mass is 428 g/mol. The summed E-state index contributed by atoms with van der Waals surface area (Å²) in [4.78, 5) is 0. The highest BCUT2D eigenvalue weighted by Crippen LogP contribution is 2.39. The van der Waals surface area contributed by atoms with E-state index < -0.39 is 0 Å². The third kappa shape index (κ3) is 10.4.